The number of aryl methyl sites for hydroxylation is 2. The predicted octanol–water partition coefficient (Wildman–Crippen LogP) is 2.68. The summed E-state index contributed by atoms with van der Waals surface area (Å²) in [6.07, 6.45) is 3.32. The second-order valence-corrected chi connectivity index (χ2v) is 6.24. The van der Waals surface area contributed by atoms with E-state index < -0.39 is 0 Å². The monoisotopic (exact) mass is 298 g/mol. The average molecular weight is 299 g/mol. The van der Waals surface area contributed by atoms with Crippen molar-refractivity contribution in [2.75, 3.05) is 13.1 Å². The number of likely N-dealkylation sites (tertiary alicyclic amines) is 1. The Morgan fingerprint density at radius 1 is 1.40 bits per heavy atom. The van der Waals surface area contributed by atoms with Crippen molar-refractivity contribution < 1.29 is 0 Å². The standard InChI is InChI=1S/C15H27ClN4/c1-4-13-15(16)14(20(5-2)18-13)10-19-7-6-11(3)8-12(19)9-17/h11-12H,4-10,17H2,1-3H3. The Morgan fingerprint density at radius 2 is 2.15 bits per heavy atom. The van der Waals surface area contributed by atoms with Crippen molar-refractivity contribution in [2.24, 2.45) is 11.7 Å². The number of halogens is 1. The van der Waals surface area contributed by atoms with Gasteiger partial charge in [-0.25, -0.2) is 0 Å². The normalized spacial score (nSPS) is 24.2. The van der Waals surface area contributed by atoms with Crippen LogP contribution in [0.25, 0.3) is 0 Å². The Hall–Kier alpha value is -0.580. The number of nitrogens with zero attached hydrogens (tertiary/aromatic N) is 3. The zero-order valence-electron chi connectivity index (χ0n) is 12.9. The van der Waals surface area contributed by atoms with Gasteiger partial charge < -0.3 is 5.73 Å². The van der Waals surface area contributed by atoms with Crippen molar-refractivity contribution >= 4 is 11.6 Å². The van der Waals surface area contributed by atoms with Gasteiger partial charge >= 0.3 is 0 Å². The minimum Gasteiger partial charge on any atom is -0.329 e. The molecule has 0 aliphatic carbocycles. The summed E-state index contributed by atoms with van der Waals surface area (Å²) in [6.45, 7) is 10.1. The first-order chi connectivity index (χ1) is 9.60. The smallest absolute Gasteiger partial charge is 0.0863 e. The lowest BCUT2D eigenvalue weighted by Crippen LogP contribution is -2.46. The molecule has 2 N–H and O–H groups in total. The fraction of sp³-hybridized carbons (Fsp3) is 0.800. The fourth-order valence-electron chi connectivity index (χ4n) is 3.11. The average Bonchev–Trinajstić information content (AvgIpc) is 2.77. The largest absolute Gasteiger partial charge is 0.329 e. The SMILES string of the molecule is CCc1nn(CC)c(CN2CCC(C)CC2CN)c1Cl. The molecule has 0 radical (unpaired) electrons. The number of nitrogens with two attached hydrogens (primary N) is 1. The summed E-state index contributed by atoms with van der Waals surface area (Å²) < 4.78 is 2.05. The van der Waals surface area contributed by atoms with Gasteiger partial charge in [0.15, 0.2) is 0 Å². The number of rotatable bonds is 5. The molecule has 4 nitrogen and oxygen atoms in total. The van der Waals surface area contributed by atoms with Crippen LogP contribution in [-0.2, 0) is 19.5 Å². The predicted molar refractivity (Wildman–Crippen MR) is 83.9 cm³/mol. The van der Waals surface area contributed by atoms with Crippen LogP contribution in [0.4, 0.5) is 0 Å². The summed E-state index contributed by atoms with van der Waals surface area (Å²) >= 11 is 6.51. The van der Waals surface area contributed by atoms with Crippen LogP contribution in [0.2, 0.25) is 5.02 Å². The van der Waals surface area contributed by atoms with E-state index in [4.69, 9.17) is 17.3 Å². The third-order valence-corrected chi connectivity index (χ3v) is 4.86. The summed E-state index contributed by atoms with van der Waals surface area (Å²) in [6, 6.07) is 0.472. The second-order valence-electron chi connectivity index (χ2n) is 5.87. The van der Waals surface area contributed by atoms with Gasteiger partial charge in [0.25, 0.3) is 0 Å². The van der Waals surface area contributed by atoms with Gasteiger partial charge in [0.05, 0.1) is 16.4 Å². The highest BCUT2D eigenvalue weighted by Crippen LogP contribution is 2.27. The molecule has 1 fully saturated rings. The minimum atomic E-state index is 0.472. The molecule has 2 unspecified atom stereocenters. The van der Waals surface area contributed by atoms with E-state index in [1.54, 1.807) is 0 Å². The molecule has 0 spiro atoms. The maximum absolute atomic E-state index is 6.51. The molecule has 1 saturated heterocycles. The highest BCUT2D eigenvalue weighted by Gasteiger charge is 2.27. The van der Waals surface area contributed by atoms with Gasteiger partial charge in [0.2, 0.25) is 0 Å². The van der Waals surface area contributed by atoms with Crippen LogP contribution in [0.15, 0.2) is 0 Å². The van der Waals surface area contributed by atoms with Gasteiger partial charge in [-0.15, -0.1) is 0 Å². The molecule has 2 rings (SSSR count). The van der Waals surface area contributed by atoms with Crippen LogP contribution in [0.1, 0.15) is 45.0 Å². The van der Waals surface area contributed by atoms with Crippen LogP contribution in [0.3, 0.4) is 0 Å². The molecule has 1 aromatic heterocycles. The van der Waals surface area contributed by atoms with E-state index in [0.717, 1.165) is 54.9 Å². The van der Waals surface area contributed by atoms with Gasteiger partial charge in [-0.2, -0.15) is 5.10 Å². The van der Waals surface area contributed by atoms with E-state index in [-0.39, 0.29) is 0 Å². The maximum Gasteiger partial charge on any atom is 0.0863 e. The molecule has 0 bridgehead atoms. The molecule has 2 atom stereocenters. The first-order valence-corrected chi connectivity index (χ1v) is 8.16. The van der Waals surface area contributed by atoms with Crippen LogP contribution >= 0.6 is 11.6 Å². The molecule has 2 heterocycles. The lowest BCUT2D eigenvalue weighted by molar-refractivity contribution is 0.112. The summed E-state index contributed by atoms with van der Waals surface area (Å²) in [5, 5.41) is 5.46. The topological polar surface area (TPSA) is 47.1 Å². The summed E-state index contributed by atoms with van der Waals surface area (Å²) in [5.74, 6) is 0.776. The fourth-order valence-corrected chi connectivity index (χ4v) is 3.44. The first kappa shape index (κ1) is 15.8. The molecule has 114 valence electrons. The minimum absolute atomic E-state index is 0.472. The molecular weight excluding hydrogens is 272 g/mol. The summed E-state index contributed by atoms with van der Waals surface area (Å²) in [7, 11) is 0. The highest BCUT2D eigenvalue weighted by molar-refractivity contribution is 6.31. The quantitative estimate of drug-likeness (QED) is 0.909. The number of piperidine rings is 1. The zero-order valence-corrected chi connectivity index (χ0v) is 13.7. The van der Waals surface area contributed by atoms with E-state index >= 15 is 0 Å². The Labute approximate surface area is 127 Å². The maximum atomic E-state index is 6.51. The van der Waals surface area contributed by atoms with E-state index in [1.165, 1.54) is 12.8 Å². The first-order valence-electron chi connectivity index (χ1n) is 7.78. The van der Waals surface area contributed by atoms with Crippen LogP contribution in [-0.4, -0.2) is 33.8 Å². The summed E-state index contributed by atoms with van der Waals surface area (Å²) in [5.41, 5.74) is 8.12. The van der Waals surface area contributed by atoms with Gasteiger partial charge in [0, 0.05) is 25.7 Å². The molecular formula is C15H27ClN4. The van der Waals surface area contributed by atoms with Crippen molar-refractivity contribution in [1.82, 2.24) is 14.7 Å². The lowest BCUT2D eigenvalue weighted by Gasteiger charge is -2.38. The Kier molecular flexibility index (Phi) is 5.47. The van der Waals surface area contributed by atoms with Gasteiger partial charge in [-0.1, -0.05) is 25.4 Å². The molecule has 0 amide bonds. The Morgan fingerprint density at radius 3 is 2.75 bits per heavy atom. The third-order valence-electron chi connectivity index (χ3n) is 4.42. The molecule has 1 aliphatic heterocycles. The van der Waals surface area contributed by atoms with Crippen molar-refractivity contribution in [2.45, 2.75) is 59.2 Å². The van der Waals surface area contributed by atoms with E-state index in [9.17, 15) is 0 Å². The second kappa shape index (κ2) is 6.92. The van der Waals surface area contributed by atoms with E-state index in [0.29, 0.717) is 6.04 Å². The Balaban J connectivity index is 2.18. The lowest BCUT2D eigenvalue weighted by atomic mass is 9.92. The number of aromatic nitrogens is 2. The van der Waals surface area contributed by atoms with Crippen molar-refractivity contribution in [3.8, 4) is 0 Å². The summed E-state index contributed by atoms with van der Waals surface area (Å²) in [4.78, 5) is 2.48. The molecule has 1 aromatic rings. The van der Waals surface area contributed by atoms with Crippen LogP contribution < -0.4 is 5.73 Å². The van der Waals surface area contributed by atoms with Crippen molar-refractivity contribution in [1.29, 1.82) is 0 Å². The molecule has 0 saturated carbocycles. The number of hydrogen-bond acceptors (Lipinski definition) is 3. The Bertz CT molecular complexity index is 443. The molecule has 20 heavy (non-hydrogen) atoms. The van der Waals surface area contributed by atoms with Gasteiger partial charge in [-0.05, 0) is 38.6 Å². The molecule has 0 aromatic carbocycles. The van der Waals surface area contributed by atoms with Crippen LogP contribution in [0, 0.1) is 5.92 Å². The molecule has 1 aliphatic rings. The van der Waals surface area contributed by atoms with Gasteiger partial charge in [-0.3, -0.25) is 9.58 Å². The van der Waals surface area contributed by atoms with Crippen LogP contribution in [0.5, 0.6) is 0 Å². The number of hydrogen-bond donors (Lipinski definition) is 1. The molecule has 5 heteroatoms. The van der Waals surface area contributed by atoms with E-state index in [2.05, 4.69) is 30.8 Å². The highest BCUT2D eigenvalue weighted by atomic mass is 35.5. The van der Waals surface area contributed by atoms with Crippen molar-refractivity contribution in [3.05, 3.63) is 16.4 Å². The van der Waals surface area contributed by atoms with Gasteiger partial charge in [0.1, 0.15) is 0 Å². The van der Waals surface area contributed by atoms with E-state index in [1.807, 2.05) is 4.68 Å². The zero-order chi connectivity index (χ0) is 14.7. The third kappa shape index (κ3) is 3.18. The van der Waals surface area contributed by atoms with Crippen molar-refractivity contribution in [3.63, 3.8) is 0 Å².